The van der Waals surface area contributed by atoms with E-state index in [2.05, 4.69) is 32.0 Å². The van der Waals surface area contributed by atoms with Gasteiger partial charge < -0.3 is 17.2 Å². The molecule has 0 aliphatic rings. The van der Waals surface area contributed by atoms with E-state index < -0.39 is 0 Å². The first-order valence-electron chi connectivity index (χ1n) is 10.2. The summed E-state index contributed by atoms with van der Waals surface area (Å²) < 4.78 is 1.81. The summed E-state index contributed by atoms with van der Waals surface area (Å²) in [6.45, 7) is 4.02. The number of fused-ring (bicyclic) bond motifs is 1. The highest BCUT2D eigenvalue weighted by atomic mass is 16.1. The summed E-state index contributed by atoms with van der Waals surface area (Å²) in [6, 6.07) is 8.11. The molecule has 0 aliphatic heterocycles. The number of nitrogens with zero attached hydrogens (tertiary/aromatic N) is 4. The van der Waals surface area contributed by atoms with E-state index >= 15 is 0 Å². The highest BCUT2D eigenvalue weighted by Crippen LogP contribution is 2.17. The highest BCUT2D eigenvalue weighted by molar-refractivity contribution is 5.75. The Morgan fingerprint density at radius 3 is 2.63 bits per heavy atom. The molecule has 0 saturated carbocycles. The predicted molar refractivity (Wildman–Crippen MR) is 120 cm³/mol. The van der Waals surface area contributed by atoms with Crippen molar-refractivity contribution in [2.24, 2.45) is 22.2 Å². The lowest BCUT2D eigenvalue weighted by Crippen LogP contribution is -2.27. The average Bonchev–Trinajstić information content (AvgIpc) is 3.18. The number of H-pyrrole nitrogens is 1. The molecule has 0 radical (unpaired) electrons. The minimum atomic E-state index is -0.149. The third kappa shape index (κ3) is 5.91. The van der Waals surface area contributed by atoms with Crippen LogP contribution in [0.5, 0.6) is 0 Å². The van der Waals surface area contributed by atoms with Crippen molar-refractivity contribution in [1.82, 2.24) is 19.3 Å². The molecule has 0 saturated heterocycles. The summed E-state index contributed by atoms with van der Waals surface area (Å²) in [5.74, 6) is 0.665. The molecule has 0 fully saturated rings. The van der Waals surface area contributed by atoms with Crippen LogP contribution in [0.1, 0.15) is 24.8 Å². The average molecular weight is 411 g/mol. The number of imidazole rings is 1. The normalized spacial score (nSPS) is 11.3. The molecule has 0 unspecified atom stereocenters. The van der Waals surface area contributed by atoms with Gasteiger partial charge in [-0.05, 0) is 43.5 Å². The van der Waals surface area contributed by atoms with E-state index in [4.69, 9.17) is 17.2 Å². The molecule has 0 spiro atoms. The van der Waals surface area contributed by atoms with Crippen LogP contribution in [0.15, 0.2) is 52.6 Å². The Bertz CT molecular complexity index is 1020. The lowest BCUT2D eigenvalue weighted by atomic mass is 10.1. The first kappa shape index (κ1) is 21.5. The second kappa shape index (κ2) is 10.6. The van der Waals surface area contributed by atoms with E-state index in [1.54, 1.807) is 16.8 Å². The Kier molecular flexibility index (Phi) is 7.58. The monoisotopic (exact) mass is 410 g/mol. The fraction of sp³-hybridized carbons (Fsp3) is 0.381. The van der Waals surface area contributed by atoms with Crippen molar-refractivity contribution < 1.29 is 0 Å². The summed E-state index contributed by atoms with van der Waals surface area (Å²) in [5, 5.41) is 0. The van der Waals surface area contributed by atoms with Gasteiger partial charge in [0.1, 0.15) is 0 Å². The highest BCUT2D eigenvalue weighted by Gasteiger charge is 2.09. The zero-order chi connectivity index (χ0) is 21.3. The number of aromatic nitrogens is 3. The van der Waals surface area contributed by atoms with Crippen LogP contribution in [0.25, 0.3) is 16.9 Å². The molecule has 0 bridgehead atoms. The quantitative estimate of drug-likeness (QED) is 0.210. The summed E-state index contributed by atoms with van der Waals surface area (Å²) in [6.07, 6.45) is 8.22. The predicted octanol–water partition coefficient (Wildman–Crippen LogP) is 0.894. The van der Waals surface area contributed by atoms with Gasteiger partial charge in [0.05, 0.1) is 5.56 Å². The van der Waals surface area contributed by atoms with Crippen LogP contribution >= 0.6 is 0 Å². The SMILES string of the molecule is NCCCCN(CCCN=C(N)N)Cc1ccc(-c2cn3ccnc3[nH]c2=O)cc1. The molecule has 0 amide bonds. The van der Waals surface area contributed by atoms with E-state index in [0.29, 0.717) is 24.4 Å². The number of aromatic amines is 1. The molecule has 160 valence electrons. The van der Waals surface area contributed by atoms with Crippen LogP contribution in [0.2, 0.25) is 0 Å². The van der Waals surface area contributed by atoms with Gasteiger partial charge in [0.15, 0.2) is 5.96 Å². The second-order valence-corrected chi connectivity index (χ2v) is 7.28. The number of unbranched alkanes of at least 4 members (excludes halogenated alkanes) is 1. The molecule has 0 atom stereocenters. The number of benzene rings is 1. The molecule has 3 aromatic rings. The maximum Gasteiger partial charge on any atom is 0.260 e. The van der Waals surface area contributed by atoms with Crippen LogP contribution < -0.4 is 22.8 Å². The lowest BCUT2D eigenvalue weighted by molar-refractivity contribution is 0.259. The van der Waals surface area contributed by atoms with Crippen LogP contribution in [0.4, 0.5) is 0 Å². The second-order valence-electron chi connectivity index (χ2n) is 7.28. The zero-order valence-electron chi connectivity index (χ0n) is 17.1. The van der Waals surface area contributed by atoms with Gasteiger partial charge in [-0.3, -0.25) is 24.1 Å². The minimum Gasteiger partial charge on any atom is -0.370 e. The van der Waals surface area contributed by atoms with Crippen molar-refractivity contribution in [2.45, 2.75) is 25.8 Å². The molecule has 1 aromatic carbocycles. The maximum absolute atomic E-state index is 12.4. The molecule has 9 heteroatoms. The first-order chi connectivity index (χ1) is 14.6. The molecule has 3 rings (SSSR count). The number of hydrogen-bond donors (Lipinski definition) is 4. The van der Waals surface area contributed by atoms with E-state index in [9.17, 15) is 4.79 Å². The summed E-state index contributed by atoms with van der Waals surface area (Å²) in [4.78, 5) is 25.7. The van der Waals surface area contributed by atoms with Crippen molar-refractivity contribution in [2.75, 3.05) is 26.2 Å². The van der Waals surface area contributed by atoms with E-state index in [1.807, 2.05) is 18.3 Å². The van der Waals surface area contributed by atoms with Gasteiger partial charge in [0, 0.05) is 38.2 Å². The summed E-state index contributed by atoms with van der Waals surface area (Å²) in [7, 11) is 0. The van der Waals surface area contributed by atoms with Crippen molar-refractivity contribution >= 4 is 11.7 Å². The Labute approximate surface area is 175 Å². The third-order valence-electron chi connectivity index (χ3n) is 4.93. The molecule has 9 nitrogen and oxygen atoms in total. The standard InChI is InChI=1S/C21H30N8O/c22-8-1-2-11-28(12-3-9-25-20(23)24)14-16-4-6-17(7-5-16)18-15-29-13-10-26-21(29)27-19(18)30/h4-7,10,13,15H,1-3,8-9,11-12,14,22H2,(H4,23,24,25)(H,26,27,30). The molecule has 0 aliphatic carbocycles. The summed E-state index contributed by atoms with van der Waals surface area (Å²) >= 11 is 0. The van der Waals surface area contributed by atoms with Gasteiger partial charge in [0.2, 0.25) is 5.78 Å². The third-order valence-corrected chi connectivity index (χ3v) is 4.93. The maximum atomic E-state index is 12.4. The number of nitrogens with two attached hydrogens (primary N) is 3. The lowest BCUT2D eigenvalue weighted by Gasteiger charge is -2.22. The van der Waals surface area contributed by atoms with Gasteiger partial charge in [-0.1, -0.05) is 24.3 Å². The van der Waals surface area contributed by atoms with Crippen molar-refractivity contribution in [1.29, 1.82) is 0 Å². The largest absolute Gasteiger partial charge is 0.370 e. The van der Waals surface area contributed by atoms with E-state index in [1.165, 1.54) is 5.56 Å². The molecular formula is C21H30N8O. The van der Waals surface area contributed by atoms with Crippen molar-refractivity contribution in [3.05, 3.63) is 58.8 Å². The Hall–Kier alpha value is -3.17. The molecule has 30 heavy (non-hydrogen) atoms. The Morgan fingerprint density at radius 1 is 1.13 bits per heavy atom. The van der Waals surface area contributed by atoms with Gasteiger partial charge in [-0.2, -0.15) is 0 Å². The van der Waals surface area contributed by atoms with Crippen LogP contribution in [0, 0.1) is 0 Å². The van der Waals surface area contributed by atoms with Crippen LogP contribution in [-0.2, 0) is 6.54 Å². The number of aliphatic imine (C=N–C) groups is 1. The fourth-order valence-corrected chi connectivity index (χ4v) is 3.39. The van der Waals surface area contributed by atoms with Crippen LogP contribution in [-0.4, -0.2) is 51.4 Å². The first-order valence-corrected chi connectivity index (χ1v) is 10.2. The molecule has 2 aromatic heterocycles. The number of nitrogens with one attached hydrogen (secondary N) is 1. The van der Waals surface area contributed by atoms with E-state index in [0.717, 1.165) is 44.5 Å². The van der Waals surface area contributed by atoms with Gasteiger partial charge in [0.25, 0.3) is 5.56 Å². The molecule has 2 heterocycles. The van der Waals surface area contributed by atoms with Crippen molar-refractivity contribution in [3.63, 3.8) is 0 Å². The van der Waals surface area contributed by atoms with Gasteiger partial charge in [-0.15, -0.1) is 0 Å². The minimum absolute atomic E-state index is 0.129. The van der Waals surface area contributed by atoms with E-state index in [-0.39, 0.29) is 11.5 Å². The Morgan fingerprint density at radius 2 is 1.90 bits per heavy atom. The Balaban J connectivity index is 1.67. The van der Waals surface area contributed by atoms with Gasteiger partial charge >= 0.3 is 0 Å². The topological polar surface area (TPSA) is 144 Å². The number of guanidine groups is 1. The smallest absolute Gasteiger partial charge is 0.260 e. The molecular weight excluding hydrogens is 380 g/mol. The zero-order valence-corrected chi connectivity index (χ0v) is 17.1. The molecule has 7 N–H and O–H groups in total. The van der Waals surface area contributed by atoms with Crippen LogP contribution in [0.3, 0.4) is 0 Å². The number of rotatable bonds is 11. The van der Waals surface area contributed by atoms with Gasteiger partial charge in [-0.25, -0.2) is 4.98 Å². The number of hydrogen-bond acceptors (Lipinski definition) is 5. The summed E-state index contributed by atoms with van der Waals surface area (Å²) in [5.41, 5.74) is 19.0. The van der Waals surface area contributed by atoms with Crippen molar-refractivity contribution in [3.8, 4) is 11.1 Å². The fourth-order valence-electron chi connectivity index (χ4n) is 3.39.